The lowest BCUT2D eigenvalue weighted by atomic mass is 10.1. The largest absolute Gasteiger partial charge is 0.422 e. The zero-order valence-corrected chi connectivity index (χ0v) is 11.5. The zero-order valence-electron chi connectivity index (χ0n) is 11.5. The number of nitrogens with one attached hydrogen (secondary N) is 2. The maximum absolute atomic E-state index is 13.0. The van der Waals surface area contributed by atoms with Crippen molar-refractivity contribution >= 4 is 5.69 Å². The Hall–Kier alpha value is -2.08. The fraction of sp³-hybridized carbons (Fsp3) is 0.267. The fourth-order valence-corrected chi connectivity index (χ4v) is 1.79. The summed E-state index contributed by atoms with van der Waals surface area (Å²) in [6, 6.07) is 10.3. The summed E-state index contributed by atoms with van der Waals surface area (Å²) in [5, 5.41) is 4.91. The van der Waals surface area contributed by atoms with E-state index in [-0.39, 0.29) is 6.54 Å². The number of aromatic nitrogens is 1. The van der Waals surface area contributed by atoms with Crippen molar-refractivity contribution in [3.05, 3.63) is 59.9 Å². The van der Waals surface area contributed by atoms with Gasteiger partial charge in [-0.15, -0.1) is 0 Å². The van der Waals surface area contributed by atoms with Crippen LogP contribution in [0.4, 0.5) is 18.9 Å². The van der Waals surface area contributed by atoms with Crippen LogP contribution in [0.15, 0.2) is 48.8 Å². The third-order valence-electron chi connectivity index (χ3n) is 2.95. The van der Waals surface area contributed by atoms with Gasteiger partial charge in [0.05, 0.1) is 0 Å². The zero-order chi connectivity index (χ0) is 15.3. The average Bonchev–Trinajstić information content (AvgIpc) is 2.45. The van der Waals surface area contributed by atoms with E-state index < -0.39 is 12.3 Å². The minimum absolute atomic E-state index is 0.128. The van der Waals surface area contributed by atoms with Gasteiger partial charge in [0.25, 0.3) is 0 Å². The van der Waals surface area contributed by atoms with E-state index in [4.69, 9.17) is 0 Å². The summed E-state index contributed by atoms with van der Waals surface area (Å²) in [4.78, 5) is 3.77. The Kier molecular flexibility index (Phi) is 4.80. The Bertz CT molecular complexity index is 553. The molecule has 1 unspecified atom stereocenters. The molecule has 0 aliphatic carbocycles. The van der Waals surface area contributed by atoms with E-state index in [1.54, 1.807) is 0 Å². The molecular weight excluding hydrogens is 279 g/mol. The molecule has 0 fully saturated rings. The van der Waals surface area contributed by atoms with Crippen molar-refractivity contribution in [3.8, 4) is 0 Å². The van der Waals surface area contributed by atoms with Crippen molar-refractivity contribution in [2.75, 3.05) is 5.32 Å². The van der Waals surface area contributed by atoms with Crippen LogP contribution in [0.1, 0.15) is 11.1 Å². The Morgan fingerprint density at radius 1 is 1.05 bits per heavy atom. The van der Waals surface area contributed by atoms with Crippen LogP contribution in [-0.4, -0.2) is 17.3 Å². The van der Waals surface area contributed by atoms with Gasteiger partial charge >= 0.3 is 6.18 Å². The SMILES string of the molecule is Cc1ccc(CNC(Nc2ccncc2)C(F)(F)F)cc1. The van der Waals surface area contributed by atoms with Gasteiger partial charge in [-0.25, -0.2) is 0 Å². The van der Waals surface area contributed by atoms with Crippen LogP contribution in [0.3, 0.4) is 0 Å². The van der Waals surface area contributed by atoms with E-state index in [1.807, 2.05) is 31.2 Å². The highest BCUT2D eigenvalue weighted by Crippen LogP contribution is 2.22. The monoisotopic (exact) mass is 295 g/mol. The number of hydrogen-bond acceptors (Lipinski definition) is 3. The number of hydrogen-bond donors (Lipinski definition) is 2. The number of pyridine rings is 1. The van der Waals surface area contributed by atoms with Gasteiger partial charge in [-0.1, -0.05) is 29.8 Å². The van der Waals surface area contributed by atoms with Crippen LogP contribution < -0.4 is 10.6 Å². The van der Waals surface area contributed by atoms with E-state index >= 15 is 0 Å². The predicted octanol–water partition coefficient (Wildman–Crippen LogP) is 3.48. The highest BCUT2D eigenvalue weighted by Gasteiger charge is 2.39. The first kappa shape index (κ1) is 15.3. The normalized spacial score (nSPS) is 13.0. The van der Waals surface area contributed by atoms with Gasteiger partial charge in [-0.3, -0.25) is 10.3 Å². The first-order valence-corrected chi connectivity index (χ1v) is 6.47. The van der Waals surface area contributed by atoms with Crippen molar-refractivity contribution in [2.24, 2.45) is 0 Å². The molecule has 0 radical (unpaired) electrons. The van der Waals surface area contributed by atoms with Crippen LogP contribution in [0.25, 0.3) is 0 Å². The minimum Gasteiger partial charge on any atom is -0.362 e. The topological polar surface area (TPSA) is 37.0 Å². The maximum atomic E-state index is 13.0. The second-order valence-electron chi connectivity index (χ2n) is 4.72. The molecule has 0 saturated heterocycles. The molecule has 1 heterocycles. The second kappa shape index (κ2) is 6.58. The van der Waals surface area contributed by atoms with Crippen LogP contribution in [0.2, 0.25) is 0 Å². The predicted molar refractivity (Wildman–Crippen MR) is 75.7 cm³/mol. The van der Waals surface area contributed by atoms with Crippen LogP contribution >= 0.6 is 0 Å². The number of aryl methyl sites for hydroxylation is 1. The molecule has 2 rings (SSSR count). The molecule has 21 heavy (non-hydrogen) atoms. The molecule has 0 spiro atoms. The molecular formula is C15H16F3N3. The highest BCUT2D eigenvalue weighted by molar-refractivity contribution is 5.42. The van der Waals surface area contributed by atoms with E-state index in [0.717, 1.165) is 11.1 Å². The number of alkyl halides is 3. The maximum Gasteiger partial charge on any atom is 0.422 e. The summed E-state index contributed by atoms with van der Waals surface area (Å²) in [6.45, 7) is 2.06. The van der Waals surface area contributed by atoms with Crippen LogP contribution in [0.5, 0.6) is 0 Å². The molecule has 6 heteroatoms. The van der Waals surface area contributed by atoms with Crippen molar-refractivity contribution in [3.63, 3.8) is 0 Å². The van der Waals surface area contributed by atoms with E-state index in [0.29, 0.717) is 5.69 Å². The molecule has 0 amide bonds. The van der Waals surface area contributed by atoms with Gasteiger partial charge < -0.3 is 5.32 Å². The molecule has 0 aliphatic rings. The lowest BCUT2D eigenvalue weighted by molar-refractivity contribution is -0.149. The minimum atomic E-state index is -4.39. The summed E-state index contributed by atoms with van der Waals surface area (Å²) >= 11 is 0. The molecule has 1 aromatic heterocycles. The van der Waals surface area contributed by atoms with Gasteiger partial charge in [0.2, 0.25) is 0 Å². The number of halogens is 3. The third kappa shape index (κ3) is 4.75. The molecule has 0 aliphatic heterocycles. The van der Waals surface area contributed by atoms with Gasteiger partial charge in [-0.05, 0) is 24.6 Å². The number of anilines is 1. The second-order valence-corrected chi connectivity index (χ2v) is 4.72. The van der Waals surface area contributed by atoms with Crippen molar-refractivity contribution < 1.29 is 13.2 Å². The standard InChI is InChI=1S/C15H16F3N3/c1-11-2-4-12(5-3-11)10-20-14(15(16,17)18)21-13-6-8-19-9-7-13/h2-9,14,20H,10H2,1H3,(H,19,21). The molecule has 0 saturated carbocycles. The van der Waals surface area contributed by atoms with Gasteiger partial charge in [-0.2, -0.15) is 13.2 Å². The quantitative estimate of drug-likeness (QED) is 0.829. The Morgan fingerprint density at radius 2 is 1.67 bits per heavy atom. The number of rotatable bonds is 5. The average molecular weight is 295 g/mol. The highest BCUT2D eigenvalue weighted by atomic mass is 19.4. The number of nitrogens with zero attached hydrogens (tertiary/aromatic N) is 1. The first-order valence-electron chi connectivity index (χ1n) is 6.47. The first-order chi connectivity index (χ1) is 9.95. The molecule has 2 N–H and O–H groups in total. The molecule has 112 valence electrons. The summed E-state index contributed by atoms with van der Waals surface area (Å²) in [5.74, 6) is 0. The summed E-state index contributed by atoms with van der Waals surface area (Å²) < 4.78 is 39.1. The fourth-order valence-electron chi connectivity index (χ4n) is 1.79. The van der Waals surface area contributed by atoms with Crippen molar-refractivity contribution in [1.29, 1.82) is 0 Å². The Morgan fingerprint density at radius 3 is 2.24 bits per heavy atom. The molecule has 3 nitrogen and oxygen atoms in total. The summed E-state index contributed by atoms with van der Waals surface area (Å²) in [6.07, 6.45) is -3.33. The van der Waals surface area contributed by atoms with Gasteiger partial charge in [0.1, 0.15) is 0 Å². The van der Waals surface area contributed by atoms with E-state index in [9.17, 15) is 13.2 Å². The summed E-state index contributed by atoms with van der Waals surface area (Å²) in [7, 11) is 0. The Balaban J connectivity index is 2.02. The van der Waals surface area contributed by atoms with E-state index in [2.05, 4.69) is 15.6 Å². The number of benzene rings is 1. The van der Waals surface area contributed by atoms with Gasteiger partial charge in [0, 0.05) is 24.6 Å². The lowest BCUT2D eigenvalue weighted by Gasteiger charge is -2.23. The smallest absolute Gasteiger partial charge is 0.362 e. The Labute approximate surface area is 121 Å². The van der Waals surface area contributed by atoms with Crippen LogP contribution in [0, 0.1) is 6.92 Å². The van der Waals surface area contributed by atoms with Gasteiger partial charge in [0.15, 0.2) is 6.17 Å². The molecule has 1 aromatic carbocycles. The van der Waals surface area contributed by atoms with E-state index in [1.165, 1.54) is 24.5 Å². The molecule has 0 bridgehead atoms. The summed E-state index contributed by atoms with van der Waals surface area (Å²) in [5.41, 5.74) is 2.23. The molecule has 2 aromatic rings. The third-order valence-corrected chi connectivity index (χ3v) is 2.95. The molecule has 1 atom stereocenters. The lowest BCUT2D eigenvalue weighted by Crippen LogP contribution is -2.47. The van der Waals surface area contributed by atoms with Crippen LogP contribution in [-0.2, 0) is 6.54 Å². The van der Waals surface area contributed by atoms with Crippen molar-refractivity contribution in [1.82, 2.24) is 10.3 Å². The van der Waals surface area contributed by atoms with Crippen molar-refractivity contribution in [2.45, 2.75) is 25.8 Å².